The summed E-state index contributed by atoms with van der Waals surface area (Å²) in [6.45, 7) is 0.499. The van der Waals surface area contributed by atoms with Gasteiger partial charge in [-0.2, -0.15) is 9.78 Å². The number of pyridine rings is 1. The first-order valence-electron chi connectivity index (χ1n) is 8.81. The van der Waals surface area contributed by atoms with E-state index in [2.05, 4.69) is 15.4 Å². The molecule has 0 saturated carbocycles. The van der Waals surface area contributed by atoms with Crippen molar-refractivity contribution in [1.82, 2.24) is 14.8 Å². The van der Waals surface area contributed by atoms with Crippen LogP contribution in [0.1, 0.15) is 15.9 Å². The lowest BCUT2D eigenvalue weighted by Crippen LogP contribution is -2.18. The van der Waals surface area contributed by atoms with Crippen LogP contribution in [0.3, 0.4) is 0 Å². The molecule has 2 aromatic carbocycles. The van der Waals surface area contributed by atoms with E-state index in [9.17, 15) is 9.18 Å². The monoisotopic (exact) mass is 372 g/mol. The Bertz CT molecular complexity index is 1090. The predicted octanol–water partition coefficient (Wildman–Crippen LogP) is 4.38. The summed E-state index contributed by atoms with van der Waals surface area (Å²) in [5.41, 5.74) is 2.17. The van der Waals surface area contributed by atoms with Gasteiger partial charge in [-0.15, -0.1) is 0 Å². The lowest BCUT2D eigenvalue weighted by molar-refractivity contribution is 0.0944. The second-order valence-corrected chi connectivity index (χ2v) is 6.17. The van der Waals surface area contributed by atoms with Gasteiger partial charge in [0.15, 0.2) is 0 Å². The number of carbonyl (C=O) groups excluding carboxylic acids is 1. The van der Waals surface area contributed by atoms with E-state index in [1.165, 1.54) is 16.8 Å². The number of aromatic nitrogens is 3. The molecule has 28 heavy (non-hydrogen) atoms. The molecule has 0 aliphatic heterocycles. The summed E-state index contributed by atoms with van der Waals surface area (Å²) in [5.74, 6) is -0.662. The van der Waals surface area contributed by atoms with Crippen LogP contribution in [0.15, 0.2) is 85.1 Å². The first-order chi connectivity index (χ1) is 13.7. The fourth-order valence-electron chi connectivity index (χ4n) is 2.84. The molecule has 0 atom stereocenters. The average molecular weight is 372 g/mol. The molecule has 0 aliphatic carbocycles. The fourth-order valence-corrected chi connectivity index (χ4v) is 2.84. The minimum absolute atomic E-state index is 0.0408. The van der Waals surface area contributed by atoms with Crippen molar-refractivity contribution in [3.05, 3.63) is 102 Å². The van der Waals surface area contributed by atoms with Gasteiger partial charge < -0.3 is 5.32 Å². The Morgan fingerprint density at radius 2 is 1.68 bits per heavy atom. The highest BCUT2D eigenvalue weighted by molar-refractivity contribution is 5.97. The maximum atomic E-state index is 14.1. The first kappa shape index (κ1) is 17.6. The van der Waals surface area contributed by atoms with Crippen LogP contribution < -0.4 is 5.32 Å². The third-order valence-corrected chi connectivity index (χ3v) is 4.25. The zero-order valence-electron chi connectivity index (χ0n) is 14.9. The maximum Gasteiger partial charge on any atom is 0.283 e. The van der Waals surface area contributed by atoms with Crippen molar-refractivity contribution in [2.75, 3.05) is 5.32 Å². The van der Waals surface area contributed by atoms with E-state index in [1.807, 2.05) is 36.4 Å². The van der Waals surface area contributed by atoms with Crippen LogP contribution in [0.4, 0.5) is 10.2 Å². The predicted molar refractivity (Wildman–Crippen MR) is 105 cm³/mol. The Balaban J connectivity index is 1.71. The Kier molecular flexibility index (Phi) is 4.93. The Labute approximate surface area is 161 Å². The maximum absolute atomic E-state index is 14.1. The lowest BCUT2D eigenvalue weighted by atomic mass is 10.2. The topological polar surface area (TPSA) is 59.8 Å². The molecule has 6 heteroatoms. The SMILES string of the molecule is O=C(c1ccccc1F)n1nc(-c2ccccn2)cc1NCc1ccccc1. The van der Waals surface area contributed by atoms with Crippen LogP contribution in [0.2, 0.25) is 0 Å². The van der Waals surface area contributed by atoms with Gasteiger partial charge in [-0.1, -0.05) is 48.5 Å². The lowest BCUT2D eigenvalue weighted by Gasteiger charge is -2.09. The molecule has 1 N–H and O–H groups in total. The van der Waals surface area contributed by atoms with E-state index in [0.717, 1.165) is 5.56 Å². The molecular formula is C22H17FN4O. The summed E-state index contributed by atoms with van der Waals surface area (Å²) in [5, 5.41) is 7.60. The molecule has 2 aromatic heterocycles. The zero-order valence-corrected chi connectivity index (χ0v) is 14.9. The Morgan fingerprint density at radius 1 is 0.929 bits per heavy atom. The third-order valence-electron chi connectivity index (χ3n) is 4.25. The molecule has 2 heterocycles. The van der Waals surface area contributed by atoms with Crippen LogP contribution in [0, 0.1) is 5.82 Å². The van der Waals surface area contributed by atoms with Gasteiger partial charge in [0, 0.05) is 18.8 Å². The van der Waals surface area contributed by atoms with Crippen LogP contribution in [0.5, 0.6) is 0 Å². The quantitative estimate of drug-likeness (QED) is 0.565. The molecule has 0 fully saturated rings. The molecule has 4 aromatic rings. The summed E-state index contributed by atoms with van der Waals surface area (Å²) in [7, 11) is 0. The van der Waals surface area contributed by atoms with E-state index in [1.54, 1.807) is 36.5 Å². The van der Waals surface area contributed by atoms with Gasteiger partial charge in [-0.25, -0.2) is 4.39 Å². The fraction of sp³-hybridized carbons (Fsp3) is 0.0455. The largest absolute Gasteiger partial charge is 0.366 e. The third kappa shape index (κ3) is 3.66. The van der Waals surface area contributed by atoms with Crippen molar-refractivity contribution in [3.8, 4) is 11.4 Å². The van der Waals surface area contributed by atoms with Gasteiger partial charge in [0.05, 0.1) is 11.3 Å². The Morgan fingerprint density at radius 3 is 2.43 bits per heavy atom. The minimum Gasteiger partial charge on any atom is -0.366 e. The number of nitrogens with one attached hydrogen (secondary N) is 1. The van der Waals surface area contributed by atoms with Crippen molar-refractivity contribution >= 4 is 11.7 Å². The van der Waals surface area contributed by atoms with Crippen molar-refractivity contribution in [2.45, 2.75) is 6.54 Å². The second-order valence-electron chi connectivity index (χ2n) is 6.17. The second kappa shape index (κ2) is 7.84. The van der Waals surface area contributed by atoms with Gasteiger partial charge in [0.25, 0.3) is 5.91 Å². The van der Waals surface area contributed by atoms with E-state index in [-0.39, 0.29) is 5.56 Å². The van der Waals surface area contributed by atoms with Gasteiger partial charge in [0.1, 0.15) is 17.3 Å². The summed E-state index contributed by atoms with van der Waals surface area (Å²) in [6, 6.07) is 22.8. The average Bonchev–Trinajstić information content (AvgIpc) is 3.18. The van der Waals surface area contributed by atoms with Crippen molar-refractivity contribution in [2.24, 2.45) is 0 Å². The molecule has 0 bridgehead atoms. The normalized spacial score (nSPS) is 10.6. The van der Waals surface area contributed by atoms with Crippen LogP contribution >= 0.6 is 0 Å². The minimum atomic E-state index is -0.587. The number of hydrogen-bond donors (Lipinski definition) is 1. The summed E-state index contributed by atoms with van der Waals surface area (Å²) < 4.78 is 15.3. The number of carbonyl (C=O) groups is 1. The standard InChI is InChI=1S/C22H17FN4O/c23-18-11-5-4-10-17(18)22(28)27-21(25-15-16-8-2-1-3-9-16)14-20(26-27)19-12-6-7-13-24-19/h1-14,25H,15H2. The highest BCUT2D eigenvalue weighted by atomic mass is 19.1. The van der Waals surface area contributed by atoms with E-state index in [0.29, 0.717) is 23.8 Å². The van der Waals surface area contributed by atoms with Crippen molar-refractivity contribution in [1.29, 1.82) is 0 Å². The van der Waals surface area contributed by atoms with Crippen molar-refractivity contribution in [3.63, 3.8) is 0 Å². The summed E-state index contributed by atoms with van der Waals surface area (Å²) in [4.78, 5) is 17.2. The van der Waals surface area contributed by atoms with Gasteiger partial charge in [0.2, 0.25) is 0 Å². The molecule has 0 radical (unpaired) electrons. The molecule has 0 amide bonds. The highest BCUT2D eigenvalue weighted by Crippen LogP contribution is 2.22. The smallest absolute Gasteiger partial charge is 0.283 e. The van der Waals surface area contributed by atoms with Gasteiger partial charge >= 0.3 is 0 Å². The number of hydrogen-bond acceptors (Lipinski definition) is 4. The Hall–Kier alpha value is -3.80. The van der Waals surface area contributed by atoms with Crippen LogP contribution in [0.25, 0.3) is 11.4 Å². The van der Waals surface area contributed by atoms with Gasteiger partial charge in [-0.3, -0.25) is 9.78 Å². The molecule has 0 aliphatic rings. The number of rotatable bonds is 5. The molecule has 0 spiro atoms. The molecular weight excluding hydrogens is 355 g/mol. The van der Waals surface area contributed by atoms with Crippen LogP contribution in [-0.2, 0) is 6.54 Å². The summed E-state index contributed by atoms with van der Waals surface area (Å²) in [6.07, 6.45) is 1.66. The number of anilines is 1. The molecule has 4 rings (SSSR count). The van der Waals surface area contributed by atoms with Gasteiger partial charge in [-0.05, 0) is 29.8 Å². The molecule has 5 nitrogen and oxygen atoms in total. The van der Waals surface area contributed by atoms with E-state index < -0.39 is 11.7 Å². The zero-order chi connectivity index (χ0) is 19.3. The van der Waals surface area contributed by atoms with E-state index >= 15 is 0 Å². The molecule has 0 unspecified atom stereocenters. The number of benzene rings is 2. The van der Waals surface area contributed by atoms with Crippen LogP contribution in [-0.4, -0.2) is 20.7 Å². The molecule has 0 saturated heterocycles. The highest BCUT2D eigenvalue weighted by Gasteiger charge is 2.20. The van der Waals surface area contributed by atoms with E-state index in [4.69, 9.17) is 0 Å². The number of nitrogens with zero attached hydrogens (tertiary/aromatic N) is 3. The van der Waals surface area contributed by atoms with Crippen molar-refractivity contribution < 1.29 is 9.18 Å². The number of halogens is 1. The summed E-state index contributed by atoms with van der Waals surface area (Å²) >= 11 is 0. The first-order valence-corrected chi connectivity index (χ1v) is 8.81. The molecule has 138 valence electrons.